The lowest BCUT2D eigenvalue weighted by Gasteiger charge is -2.33. The highest BCUT2D eigenvalue weighted by atomic mass is 19.1. The summed E-state index contributed by atoms with van der Waals surface area (Å²) in [5.41, 5.74) is 6.77. The molecule has 0 radical (unpaired) electrons. The summed E-state index contributed by atoms with van der Waals surface area (Å²) in [5, 5.41) is 0. The minimum atomic E-state index is -0.772. The largest absolute Gasteiger partial charge is 0.383 e. The third kappa shape index (κ3) is 5.12. The van der Waals surface area contributed by atoms with Crippen LogP contribution in [-0.2, 0) is 22.5 Å². The van der Waals surface area contributed by atoms with Crippen molar-refractivity contribution in [3.63, 3.8) is 0 Å². The second-order valence-electron chi connectivity index (χ2n) is 8.38. The Morgan fingerprint density at radius 3 is 2.69 bits per heavy atom. The Hall–Kier alpha value is -3.92. The minimum absolute atomic E-state index is 0.0319. The Labute approximate surface area is 201 Å². The standard InChI is InChI=1S/C25H28FN5O4/c1-35-14-13-30(20(32)16-29-12-6-10-18-9-5-11-19(26)21(18)29)22-23(27)31(25(34)28-24(22)33)15-17-7-3-2-4-8-17/h2-5,7-9,11H,6,10,12-16,27H2,1H3,(H,28,33,34). The van der Waals surface area contributed by atoms with E-state index < -0.39 is 23.0 Å². The van der Waals surface area contributed by atoms with Crippen molar-refractivity contribution in [1.82, 2.24) is 9.55 Å². The van der Waals surface area contributed by atoms with E-state index in [0.29, 0.717) is 12.2 Å². The van der Waals surface area contributed by atoms with Gasteiger partial charge >= 0.3 is 5.69 Å². The number of nitrogens with one attached hydrogen (secondary N) is 1. The highest BCUT2D eigenvalue weighted by Gasteiger charge is 2.28. The van der Waals surface area contributed by atoms with E-state index in [1.54, 1.807) is 11.0 Å². The number of aromatic amines is 1. The second-order valence-corrected chi connectivity index (χ2v) is 8.38. The van der Waals surface area contributed by atoms with E-state index in [2.05, 4.69) is 4.98 Å². The predicted octanol–water partition coefficient (Wildman–Crippen LogP) is 1.74. The van der Waals surface area contributed by atoms with Gasteiger partial charge in [-0.05, 0) is 30.0 Å². The smallest absolute Gasteiger partial charge is 0.330 e. The van der Waals surface area contributed by atoms with Crippen LogP contribution in [0.1, 0.15) is 17.5 Å². The average molecular weight is 482 g/mol. The number of nitrogens with two attached hydrogens (primary N) is 1. The molecule has 1 aromatic heterocycles. The number of carbonyl (C=O) groups is 1. The van der Waals surface area contributed by atoms with Crippen LogP contribution in [0.3, 0.4) is 0 Å². The van der Waals surface area contributed by atoms with Crippen molar-refractivity contribution in [2.75, 3.05) is 48.9 Å². The number of anilines is 3. The molecular weight excluding hydrogens is 453 g/mol. The van der Waals surface area contributed by atoms with E-state index in [4.69, 9.17) is 10.5 Å². The van der Waals surface area contributed by atoms with Crippen LogP contribution in [0.5, 0.6) is 0 Å². The Kier molecular flexibility index (Phi) is 7.31. The molecule has 2 heterocycles. The van der Waals surface area contributed by atoms with Gasteiger partial charge in [-0.3, -0.25) is 19.1 Å². The fourth-order valence-electron chi connectivity index (χ4n) is 4.40. The summed E-state index contributed by atoms with van der Waals surface area (Å²) in [5.74, 6) is -0.982. The van der Waals surface area contributed by atoms with Crippen molar-refractivity contribution in [1.29, 1.82) is 0 Å². The Morgan fingerprint density at radius 2 is 1.94 bits per heavy atom. The molecule has 0 unspecified atom stereocenters. The SMILES string of the molecule is COCCN(C(=O)CN1CCCc2cccc(F)c21)c1c(N)n(Cc2ccccc2)c(=O)[nH]c1=O. The monoisotopic (exact) mass is 481 g/mol. The van der Waals surface area contributed by atoms with Crippen molar-refractivity contribution < 1.29 is 13.9 Å². The molecule has 35 heavy (non-hydrogen) atoms. The zero-order valence-corrected chi connectivity index (χ0v) is 19.5. The van der Waals surface area contributed by atoms with E-state index in [1.165, 1.54) is 22.6 Å². The van der Waals surface area contributed by atoms with Crippen LogP contribution >= 0.6 is 0 Å². The van der Waals surface area contributed by atoms with Gasteiger partial charge in [-0.1, -0.05) is 42.5 Å². The van der Waals surface area contributed by atoms with Gasteiger partial charge in [0.1, 0.15) is 11.6 Å². The zero-order valence-electron chi connectivity index (χ0n) is 19.5. The van der Waals surface area contributed by atoms with Gasteiger partial charge in [0.05, 0.1) is 25.4 Å². The molecule has 0 bridgehead atoms. The Balaban J connectivity index is 1.70. The molecule has 1 aliphatic rings. The lowest BCUT2D eigenvalue weighted by molar-refractivity contribution is -0.117. The van der Waals surface area contributed by atoms with Crippen molar-refractivity contribution >= 4 is 23.1 Å². The normalized spacial score (nSPS) is 12.9. The van der Waals surface area contributed by atoms with Crippen LogP contribution in [0.4, 0.5) is 21.6 Å². The van der Waals surface area contributed by atoms with Crippen molar-refractivity contribution in [2.45, 2.75) is 19.4 Å². The van der Waals surface area contributed by atoms with E-state index in [-0.39, 0.29) is 37.7 Å². The number of halogens is 1. The summed E-state index contributed by atoms with van der Waals surface area (Å²) in [7, 11) is 1.48. The molecule has 3 aromatic rings. The topological polar surface area (TPSA) is 114 Å². The molecule has 0 saturated carbocycles. The number of H-pyrrole nitrogens is 1. The minimum Gasteiger partial charge on any atom is -0.383 e. The summed E-state index contributed by atoms with van der Waals surface area (Å²) in [6.45, 7) is 0.620. The number of aromatic nitrogens is 2. The number of rotatable bonds is 8. The van der Waals surface area contributed by atoms with Gasteiger partial charge in [0.25, 0.3) is 5.56 Å². The number of hydrogen-bond donors (Lipinski definition) is 2. The Morgan fingerprint density at radius 1 is 1.17 bits per heavy atom. The number of nitrogen functional groups attached to an aromatic ring is 1. The van der Waals surface area contributed by atoms with Gasteiger partial charge in [-0.2, -0.15) is 0 Å². The summed E-state index contributed by atoms with van der Waals surface area (Å²) < 4.78 is 21.0. The first-order valence-corrected chi connectivity index (χ1v) is 11.4. The summed E-state index contributed by atoms with van der Waals surface area (Å²) >= 11 is 0. The van der Waals surface area contributed by atoms with Crippen LogP contribution in [0, 0.1) is 5.82 Å². The molecule has 0 fully saturated rings. The molecule has 0 saturated heterocycles. The highest BCUT2D eigenvalue weighted by molar-refractivity contribution is 5.98. The van der Waals surface area contributed by atoms with E-state index in [9.17, 15) is 18.8 Å². The molecule has 0 atom stereocenters. The first kappa shape index (κ1) is 24.2. The molecular formula is C25H28FN5O4. The third-order valence-electron chi connectivity index (χ3n) is 6.07. The van der Waals surface area contributed by atoms with Crippen LogP contribution in [0.2, 0.25) is 0 Å². The molecule has 184 valence electrons. The molecule has 0 aliphatic carbocycles. The van der Waals surface area contributed by atoms with Gasteiger partial charge in [-0.25, -0.2) is 9.18 Å². The Bertz CT molecular complexity index is 1320. The summed E-state index contributed by atoms with van der Waals surface area (Å²) in [4.78, 5) is 44.1. The van der Waals surface area contributed by atoms with Gasteiger partial charge < -0.3 is 20.3 Å². The second kappa shape index (κ2) is 10.6. The van der Waals surface area contributed by atoms with Gasteiger partial charge in [-0.15, -0.1) is 0 Å². The van der Waals surface area contributed by atoms with Crippen LogP contribution in [0.25, 0.3) is 0 Å². The molecule has 2 aromatic carbocycles. The van der Waals surface area contributed by atoms with Crippen molar-refractivity contribution in [3.05, 3.63) is 86.3 Å². The predicted molar refractivity (Wildman–Crippen MR) is 132 cm³/mol. The number of methoxy groups -OCH3 is 1. The quantitative estimate of drug-likeness (QED) is 0.507. The number of hydrogen-bond acceptors (Lipinski definition) is 6. The van der Waals surface area contributed by atoms with E-state index >= 15 is 0 Å². The first-order valence-electron chi connectivity index (χ1n) is 11.4. The lowest BCUT2D eigenvalue weighted by Crippen LogP contribution is -2.47. The zero-order chi connectivity index (χ0) is 24.9. The molecule has 3 N–H and O–H groups in total. The van der Waals surface area contributed by atoms with E-state index in [0.717, 1.165) is 24.0 Å². The van der Waals surface area contributed by atoms with Gasteiger partial charge in [0.15, 0.2) is 5.69 Å². The van der Waals surface area contributed by atoms with Crippen molar-refractivity contribution in [3.8, 4) is 0 Å². The fourth-order valence-corrected chi connectivity index (χ4v) is 4.40. The highest BCUT2D eigenvalue weighted by Crippen LogP contribution is 2.30. The maximum Gasteiger partial charge on any atom is 0.330 e. The molecule has 1 aliphatic heterocycles. The molecule has 10 heteroatoms. The maximum absolute atomic E-state index is 14.6. The number of carbonyl (C=O) groups excluding carboxylic acids is 1. The van der Waals surface area contributed by atoms with Crippen LogP contribution in [-0.4, -0.2) is 48.8 Å². The fraction of sp³-hybridized carbons (Fsp3) is 0.320. The number of amides is 1. The average Bonchev–Trinajstić information content (AvgIpc) is 2.84. The van der Waals surface area contributed by atoms with Crippen LogP contribution in [0.15, 0.2) is 58.1 Å². The molecule has 4 rings (SSSR count). The number of nitrogens with zero attached hydrogens (tertiary/aromatic N) is 3. The van der Waals surface area contributed by atoms with Gasteiger partial charge in [0, 0.05) is 20.2 Å². The van der Waals surface area contributed by atoms with Gasteiger partial charge in [0.2, 0.25) is 5.91 Å². The van der Waals surface area contributed by atoms with Crippen LogP contribution < -0.4 is 26.8 Å². The molecule has 1 amide bonds. The third-order valence-corrected chi connectivity index (χ3v) is 6.07. The van der Waals surface area contributed by atoms with E-state index in [1.807, 2.05) is 36.4 Å². The number of para-hydroxylation sites is 1. The number of benzene rings is 2. The first-order chi connectivity index (χ1) is 16.9. The maximum atomic E-state index is 14.6. The molecule has 0 spiro atoms. The molecule has 9 nitrogen and oxygen atoms in total. The van der Waals surface area contributed by atoms with Crippen molar-refractivity contribution in [2.24, 2.45) is 0 Å². The number of aryl methyl sites for hydroxylation is 1. The number of ether oxygens (including phenoxy) is 1. The summed E-state index contributed by atoms with van der Waals surface area (Å²) in [6.07, 6.45) is 1.49. The lowest BCUT2D eigenvalue weighted by atomic mass is 10.0. The summed E-state index contributed by atoms with van der Waals surface area (Å²) in [6, 6.07) is 14.0. The number of fused-ring (bicyclic) bond motifs is 1.